The maximum absolute atomic E-state index is 11.9. The fourth-order valence-corrected chi connectivity index (χ4v) is 3.38. The molecule has 0 aromatic heterocycles. The number of esters is 2. The number of hydrogen-bond donors (Lipinski definition) is 0. The van der Waals surface area contributed by atoms with Crippen LogP contribution >= 0.6 is 0 Å². The summed E-state index contributed by atoms with van der Waals surface area (Å²) in [4.78, 5) is 23.7. The smallest absolute Gasteiger partial charge is 0.338 e. The highest BCUT2D eigenvalue weighted by Crippen LogP contribution is 2.46. The first-order valence-electron chi connectivity index (χ1n) is 9.47. The van der Waals surface area contributed by atoms with Crippen LogP contribution in [0.5, 0.6) is 17.2 Å². The maximum Gasteiger partial charge on any atom is 0.338 e. The Labute approximate surface area is 168 Å². The molecular weight excluding hydrogens is 376 g/mol. The van der Waals surface area contributed by atoms with E-state index < -0.39 is 0 Å². The third-order valence-corrected chi connectivity index (χ3v) is 5.02. The summed E-state index contributed by atoms with van der Waals surface area (Å²) >= 11 is 0. The zero-order valence-corrected chi connectivity index (χ0v) is 16.4. The van der Waals surface area contributed by atoms with Crippen molar-refractivity contribution >= 4 is 11.9 Å². The van der Waals surface area contributed by atoms with E-state index in [1.807, 2.05) is 12.1 Å². The molecule has 0 unspecified atom stereocenters. The molecule has 1 aliphatic heterocycles. The van der Waals surface area contributed by atoms with Crippen LogP contribution in [0.3, 0.4) is 0 Å². The number of carbonyl (C=O) groups is 2. The fraction of sp³-hybridized carbons (Fsp3) is 0.364. The largest absolute Gasteiger partial charge is 0.493 e. The number of methoxy groups -OCH3 is 2. The van der Waals surface area contributed by atoms with Gasteiger partial charge in [-0.2, -0.15) is 0 Å². The van der Waals surface area contributed by atoms with Gasteiger partial charge in [0, 0.05) is 11.1 Å². The molecule has 7 heteroatoms. The highest BCUT2D eigenvalue weighted by Gasteiger charge is 2.31. The Morgan fingerprint density at radius 1 is 1.00 bits per heavy atom. The Bertz CT molecular complexity index is 946. The van der Waals surface area contributed by atoms with Crippen LogP contribution in [0.2, 0.25) is 0 Å². The van der Waals surface area contributed by atoms with Gasteiger partial charge in [0.15, 0.2) is 11.5 Å². The fourth-order valence-electron chi connectivity index (χ4n) is 3.38. The first-order chi connectivity index (χ1) is 14.1. The van der Waals surface area contributed by atoms with Gasteiger partial charge in [-0.1, -0.05) is 12.1 Å². The van der Waals surface area contributed by atoms with Crippen molar-refractivity contribution in [3.05, 3.63) is 41.5 Å². The number of benzene rings is 2. The van der Waals surface area contributed by atoms with Crippen LogP contribution in [0.4, 0.5) is 0 Å². The van der Waals surface area contributed by atoms with E-state index in [-0.39, 0.29) is 37.7 Å². The molecule has 2 aromatic carbocycles. The molecule has 29 heavy (non-hydrogen) atoms. The van der Waals surface area contributed by atoms with Crippen LogP contribution < -0.4 is 14.2 Å². The van der Waals surface area contributed by atoms with Gasteiger partial charge in [-0.15, -0.1) is 0 Å². The van der Waals surface area contributed by atoms with E-state index >= 15 is 0 Å². The van der Waals surface area contributed by atoms with Crippen molar-refractivity contribution in [2.45, 2.75) is 19.4 Å². The Morgan fingerprint density at radius 2 is 1.79 bits per heavy atom. The molecule has 2 aromatic rings. The molecule has 1 heterocycles. The molecule has 1 saturated carbocycles. The van der Waals surface area contributed by atoms with Gasteiger partial charge in [0.2, 0.25) is 5.75 Å². The number of carbonyl (C=O) groups excluding carboxylic acids is 2. The summed E-state index contributed by atoms with van der Waals surface area (Å²) < 4.78 is 27.4. The van der Waals surface area contributed by atoms with Gasteiger partial charge in [0.25, 0.3) is 0 Å². The maximum atomic E-state index is 11.9. The zero-order chi connectivity index (χ0) is 20.4. The minimum atomic E-state index is -0.336. The average Bonchev–Trinajstić information content (AvgIpc) is 3.53. The van der Waals surface area contributed by atoms with Crippen molar-refractivity contribution in [2.24, 2.45) is 5.92 Å². The van der Waals surface area contributed by atoms with Crippen molar-refractivity contribution in [1.82, 2.24) is 0 Å². The predicted molar refractivity (Wildman–Crippen MR) is 103 cm³/mol. The normalized spacial score (nSPS) is 14.8. The highest BCUT2D eigenvalue weighted by atomic mass is 16.6. The predicted octanol–water partition coefficient (Wildman–Crippen LogP) is 3.37. The molecule has 152 valence electrons. The van der Waals surface area contributed by atoms with Crippen LogP contribution in [0.15, 0.2) is 30.3 Å². The summed E-state index contributed by atoms with van der Waals surface area (Å²) in [6.45, 7) is 0.514. The molecule has 0 amide bonds. The SMILES string of the molecule is COc1ccc(-c2cccc3c2COC3=O)c(OCCOC(=O)C2CC2)c1OC. The van der Waals surface area contributed by atoms with E-state index in [0.717, 1.165) is 29.5 Å². The molecule has 1 fully saturated rings. The Hall–Kier alpha value is -3.22. The average molecular weight is 398 g/mol. The minimum absolute atomic E-state index is 0.0429. The number of cyclic esters (lactones) is 1. The molecule has 0 radical (unpaired) electrons. The van der Waals surface area contributed by atoms with E-state index in [0.29, 0.717) is 22.8 Å². The van der Waals surface area contributed by atoms with Crippen LogP contribution in [0.25, 0.3) is 11.1 Å². The monoisotopic (exact) mass is 398 g/mol. The lowest BCUT2D eigenvalue weighted by Gasteiger charge is -2.19. The summed E-state index contributed by atoms with van der Waals surface area (Å²) in [7, 11) is 3.08. The number of ether oxygens (including phenoxy) is 5. The van der Waals surface area contributed by atoms with E-state index in [2.05, 4.69) is 0 Å². The van der Waals surface area contributed by atoms with Gasteiger partial charge in [-0.05, 0) is 36.6 Å². The van der Waals surface area contributed by atoms with Gasteiger partial charge in [0.05, 0.1) is 25.7 Å². The molecule has 4 rings (SSSR count). The summed E-state index contributed by atoms with van der Waals surface area (Å²) in [5.41, 5.74) is 2.90. The van der Waals surface area contributed by atoms with Crippen molar-refractivity contribution < 1.29 is 33.3 Å². The number of hydrogen-bond acceptors (Lipinski definition) is 7. The summed E-state index contributed by atoms with van der Waals surface area (Å²) in [6.07, 6.45) is 1.79. The number of fused-ring (bicyclic) bond motifs is 1. The summed E-state index contributed by atoms with van der Waals surface area (Å²) in [5, 5.41) is 0. The Balaban J connectivity index is 1.65. The first kappa shape index (κ1) is 19.1. The zero-order valence-electron chi connectivity index (χ0n) is 16.4. The lowest BCUT2D eigenvalue weighted by molar-refractivity contribution is -0.145. The van der Waals surface area contributed by atoms with Crippen LogP contribution in [-0.4, -0.2) is 39.4 Å². The summed E-state index contributed by atoms with van der Waals surface area (Å²) in [5.74, 6) is 0.936. The quantitative estimate of drug-likeness (QED) is 0.498. The lowest BCUT2D eigenvalue weighted by atomic mass is 9.95. The van der Waals surface area contributed by atoms with E-state index in [1.165, 1.54) is 7.11 Å². The molecule has 0 saturated heterocycles. The minimum Gasteiger partial charge on any atom is -0.493 e. The molecule has 2 aliphatic rings. The van der Waals surface area contributed by atoms with Crippen LogP contribution in [-0.2, 0) is 20.9 Å². The second kappa shape index (κ2) is 8.03. The third-order valence-electron chi connectivity index (χ3n) is 5.02. The molecule has 0 N–H and O–H groups in total. The van der Waals surface area contributed by atoms with Crippen molar-refractivity contribution in [3.8, 4) is 28.4 Å². The molecule has 1 aliphatic carbocycles. The van der Waals surface area contributed by atoms with Gasteiger partial charge in [-0.3, -0.25) is 4.79 Å². The number of rotatable bonds is 8. The van der Waals surface area contributed by atoms with E-state index in [1.54, 1.807) is 25.3 Å². The van der Waals surface area contributed by atoms with Crippen LogP contribution in [0, 0.1) is 5.92 Å². The van der Waals surface area contributed by atoms with Gasteiger partial charge in [-0.25, -0.2) is 4.79 Å². The third kappa shape index (κ3) is 3.72. The Morgan fingerprint density at radius 3 is 2.52 bits per heavy atom. The highest BCUT2D eigenvalue weighted by molar-refractivity contribution is 5.96. The molecule has 0 atom stereocenters. The van der Waals surface area contributed by atoms with Crippen molar-refractivity contribution in [3.63, 3.8) is 0 Å². The van der Waals surface area contributed by atoms with E-state index in [4.69, 9.17) is 23.7 Å². The standard InChI is InChI=1S/C22H22O7/c1-25-18-9-8-15(14-4-3-5-16-17(14)12-29-22(16)24)19(20(18)26-2)27-10-11-28-21(23)13-6-7-13/h3-5,8-9,13H,6-7,10-12H2,1-2H3. The van der Waals surface area contributed by atoms with Gasteiger partial charge in [0.1, 0.15) is 19.8 Å². The Kier molecular flexibility index (Phi) is 5.29. The van der Waals surface area contributed by atoms with E-state index in [9.17, 15) is 9.59 Å². The second-order valence-electron chi connectivity index (χ2n) is 6.88. The van der Waals surface area contributed by atoms with Crippen molar-refractivity contribution in [1.29, 1.82) is 0 Å². The molecule has 7 nitrogen and oxygen atoms in total. The molecule has 0 spiro atoms. The summed E-state index contributed by atoms with van der Waals surface area (Å²) in [6, 6.07) is 9.09. The second-order valence-corrected chi connectivity index (χ2v) is 6.88. The molecular formula is C22H22O7. The first-order valence-corrected chi connectivity index (χ1v) is 9.47. The van der Waals surface area contributed by atoms with Gasteiger partial charge >= 0.3 is 11.9 Å². The lowest BCUT2D eigenvalue weighted by Crippen LogP contribution is -2.14. The van der Waals surface area contributed by atoms with Crippen molar-refractivity contribution in [2.75, 3.05) is 27.4 Å². The molecule has 0 bridgehead atoms. The van der Waals surface area contributed by atoms with Gasteiger partial charge < -0.3 is 23.7 Å². The topological polar surface area (TPSA) is 80.3 Å². The van der Waals surface area contributed by atoms with Crippen LogP contribution in [0.1, 0.15) is 28.8 Å².